The smallest absolute Gasteiger partial charge is 0.202 e. The molecule has 0 aromatic carbocycles. The lowest BCUT2D eigenvalue weighted by Crippen LogP contribution is -2.15. The molecule has 2 aliphatic heterocycles. The van der Waals surface area contributed by atoms with Crippen molar-refractivity contribution in [3.05, 3.63) is 18.5 Å². The maximum absolute atomic E-state index is 5.40. The molecule has 2 rings (SSSR count). The Bertz CT molecular complexity index is 314. The van der Waals surface area contributed by atoms with Crippen LogP contribution in [0.15, 0.2) is 18.5 Å². The molecular formula is C5H5N5. The zero-order valence-electron chi connectivity index (χ0n) is 5.10. The van der Waals surface area contributed by atoms with E-state index in [4.69, 9.17) is 5.84 Å². The third-order valence-electron chi connectivity index (χ3n) is 1.27. The predicted molar refractivity (Wildman–Crippen MR) is 34.6 cm³/mol. The van der Waals surface area contributed by atoms with E-state index in [1.165, 1.54) is 4.79 Å². The Hall–Kier alpha value is -1.65. The minimum Gasteiger partial charge on any atom is -0.321 e. The summed E-state index contributed by atoms with van der Waals surface area (Å²) in [5, 5.41) is 11.2. The summed E-state index contributed by atoms with van der Waals surface area (Å²) >= 11 is 0. The molecule has 0 fully saturated rings. The Morgan fingerprint density at radius 1 is 1.50 bits per heavy atom. The topological polar surface area (TPSA) is 69.6 Å². The average molecular weight is 135 g/mol. The fourth-order valence-electron chi connectivity index (χ4n) is 0.797. The molecule has 5 heteroatoms. The van der Waals surface area contributed by atoms with Crippen LogP contribution >= 0.6 is 0 Å². The van der Waals surface area contributed by atoms with E-state index in [9.17, 15) is 0 Å². The summed E-state index contributed by atoms with van der Waals surface area (Å²) in [7, 11) is 0. The van der Waals surface area contributed by atoms with Crippen molar-refractivity contribution < 1.29 is 0 Å². The Morgan fingerprint density at radius 3 is 3.20 bits per heavy atom. The number of nitrogen functional groups attached to an aromatic ring is 1. The van der Waals surface area contributed by atoms with Crippen LogP contribution in [0, 0.1) is 0 Å². The van der Waals surface area contributed by atoms with E-state index < -0.39 is 0 Å². The van der Waals surface area contributed by atoms with E-state index in [1.54, 1.807) is 18.5 Å². The third kappa shape index (κ3) is 0.540. The van der Waals surface area contributed by atoms with Crippen LogP contribution in [0.4, 0.5) is 0 Å². The van der Waals surface area contributed by atoms with Crippen molar-refractivity contribution in [3.63, 3.8) is 0 Å². The normalized spacial score (nSPS) is 10.4. The summed E-state index contributed by atoms with van der Waals surface area (Å²) in [5.41, 5.74) is 0.900. The van der Waals surface area contributed by atoms with Crippen molar-refractivity contribution in [2.24, 2.45) is 0 Å². The van der Waals surface area contributed by atoms with Gasteiger partial charge in [-0.25, -0.2) is 0 Å². The first-order valence-corrected chi connectivity index (χ1v) is 2.78. The molecular weight excluding hydrogens is 130 g/mol. The summed E-state index contributed by atoms with van der Waals surface area (Å²) < 4.78 is 0. The van der Waals surface area contributed by atoms with Crippen LogP contribution in [0.25, 0.3) is 11.4 Å². The molecule has 2 aliphatic rings. The summed E-state index contributed by atoms with van der Waals surface area (Å²) in [4.78, 5) is 1.20. The van der Waals surface area contributed by atoms with E-state index in [0.29, 0.717) is 5.82 Å². The SMILES string of the molecule is Nn1nccc2cnnc1-2. The van der Waals surface area contributed by atoms with Gasteiger partial charge >= 0.3 is 0 Å². The Morgan fingerprint density at radius 2 is 2.40 bits per heavy atom. The summed E-state index contributed by atoms with van der Waals surface area (Å²) in [5.74, 6) is 6.00. The van der Waals surface area contributed by atoms with Crippen LogP contribution in [0.2, 0.25) is 0 Å². The van der Waals surface area contributed by atoms with Crippen molar-refractivity contribution in [1.82, 2.24) is 20.1 Å². The minimum atomic E-state index is 0.600. The van der Waals surface area contributed by atoms with Crippen molar-refractivity contribution in [1.29, 1.82) is 0 Å². The predicted octanol–water partition coefficient (Wildman–Crippen LogP) is -0.508. The lowest BCUT2D eigenvalue weighted by Gasteiger charge is -1.99. The van der Waals surface area contributed by atoms with Gasteiger partial charge in [0.15, 0.2) is 0 Å². The highest BCUT2D eigenvalue weighted by atomic mass is 15.5. The van der Waals surface area contributed by atoms with E-state index in [2.05, 4.69) is 15.3 Å². The second-order valence-electron chi connectivity index (χ2n) is 1.90. The second-order valence-corrected chi connectivity index (χ2v) is 1.90. The largest absolute Gasteiger partial charge is 0.321 e. The summed E-state index contributed by atoms with van der Waals surface area (Å²) in [6, 6.07) is 1.80. The Balaban J connectivity index is 2.80. The van der Waals surface area contributed by atoms with Crippen LogP contribution in [-0.4, -0.2) is 20.1 Å². The number of hydrogen-bond donors (Lipinski definition) is 1. The van der Waals surface area contributed by atoms with Crippen molar-refractivity contribution in [3.8, 4) is 11.4 Å². The van der Waals surface area contributed by atoms with Gasteiger partial charge in [-0.3, -0.25) is 0 Å². The van der Waals surface area contributed by atoms with Crippen molar-refractivity contribution in [2.45, 2.75) is 0 Å². The molecule has 0 bridgehead atoms. The highest BCUT2D eigenvalue weighted by molar-refractivity contribution is 5.53. The van der Waals surface area contributed by atoms with Crippen LogP contribution in [0.1, 0.15) is 0 Å². The lowest BCUT2D eigenvalue weighted by molar-refractivity contribution is 0.782. The number of nitrogens with two attached hydrogens (primary N) is 1. The van der Waals surface area contributed by atoms with Gasteiger partial charge in [0.05, 0.1) is 12.4 Å². The fourth-order valence-corrected chi connectivity index (χ4v) is 0.797. The highest BCUT2D eigenvalue weighted by Crippen LogP contribution is 2.12. The molecule has 5 nitrogen and oxygen atoms in total. The fraction of sp³-hybridized carbons (Fsp3) is 0. The number of rotatable bonds is 0. The molecule has 0 aliphatic carbocycles. The first-order valence-electron chi connectivity index (χ1n) is 2.78. The Labute approximate surface area is 56.8 Å². The monoisotopic (exact) mass is 135 g/mol. The molecule has 0 unspecified atom stereocenters. The number of aromatic nitrogens is 4. The molecule has 0 aromatic rings. The maximum Gasteiger partial charge on any atom is 0.202 e. The van der Waals surface area contributed by atoms with E-state index in [1.807, 2.05) is 0 Å². The molecule has 2 N–H and O–H groups in total. The van der Waals surface area contributed by atoms with Gasteiger partial charge in [-0.15, -0.1) is 5.10 Å². The van der Waals surface area contributed by atoms with Gasteiger partial charge in [0.2, 0.25) is 5.82 Å². The molecule has 0 amide bonds. The second kappa shape index (κ2) is 1.66. The zero-order valence-corrected chi connectivity index (χ0v) is 5.10. The molecule has 0 radical (unpaired) electrons. The summed E-state index contributed by atoms with van der Waals surface area (Å²) in [6.07, 6.45) is 3.24. The summed E-state index contributed by atoms with van der Waals surface area (Å²) in [6.45, 7) is 0. The van der Waals surface area contributed by atoms with Crippen molar-refractivity contribution >= 4 is 0 Å². The van der Waals surface area contributed by atoms with Crippen LogP contribution in [-0.2, 0) is 0 Å². The lowest BCUT2D eigenvalue weighted by atomic mass is 10.3. The van der Waals surface area contributed by atoms with E-state index >= 15 is 0 Å². The molecule has 0 spiro atoms. The van der Waals surface area contributed by atoms with E-state index in [0.717, 1.165) is 5.56 Å². The number of nitrogens with zero attached hydrogens (tertiary/aromatic N) is 4. The zero-order chi connectivity index (χ0) is 6.97. The van der Waals surface area contributed by atoms with Gasteiger partial charge in [0, 0.05) is 5.56 Å². The third-order valence-corrected chi connectivity index (χ3v) is 1.27. The molecule has 0 aromatic heterocycles. The van der Waals surface area contributed by atoms with Crippen molar-refractivity contribution in [2.75, 3.05) is 5.84 Å². The van der Waals surface area contributed by atoms with Crippen LogP contribution in [0.5, 0.6) is 0 Å². The quantitative estimate of drug-likeness (QED) is 0.494. The van der Waals surface area contributed by atoms with Gasteiger partial charge in [-0.2, -0.15) is 15.0 Å². The average Bonchev–Trinajstić information content (AvgIpc) is 2.36. The first kappa shape index (κ1) is 5.16. The van der Waals surface area contributed by atoms with Crippen LogP contribution in [0.3, 0.4) is 0 Å². The highest BCUT2D eigenvalue weighted by Gasteiger charge is 2.06. The maximum atomic E-state index is 5.40. The number of hydrogen-bond acceptors (Lipinski definition) is 4. The van der Waals surface area contributed by atoms with Crippen LogP contribution < -0.4 is 5.84 Å². The molecule has 0 saturated carbocycles. The molecule has 0 saturated heterocycles. The molecule has 2 heterocycles. The standard InChI is InChI=1S/C5H5N5/c6-10-5-4(1-2-8-10)3-7-9-5/h1-3H,6H2. The number of fused-ring (bicyclic) bond motifs is 1. The molecule has 50 valence electrons. The minimum absolute atomic E-state index is 0.600. The Kier molecular flexibility index (Phi) is 0.858. The van der Waals surface area contributed by atoms with Gasteiger partial charge < -0.3 is 5.84 Å². The molecule has 0 atom stereocenters. The van der Waals surface area contributed by atoms with Gasteiger partial charge in [-0.1, -0.05) is 0 Å². The van der Waals surface area contributed by atoms with Gasteiger partial charge in [0.1, 0.15) is 0 Å². The van der Waals surface area contributed by atoms with Gasteiger partial charge in [-0.05, 0) is 6.07 Å². The van der Waals surface area contributed by atoms with E-state index in [-0.39, 0.29) is 0 Å². The van der Waals surface area contributed by atoms with Gasteiger partial charge in [0.25, 0.3) is 0 Å². The first-order chi connectivity index (χ1) is 4.88. The molecule has 10 heavy (non-hydrogen) atoms.